The van der Waals surface area contributed by atoms with Crippen LogP contribution in [0.4, 0.5) is 5.69 Å². The monoisotopic (exact) mass is 281 g/mol. The van der Waals surface area contributed by atoms with Crippen molar-refractivity contribution in [2.45, 2.75) is 4.90 Å². The lowest BCUT2D eigenvalue weighted by Gasteiger charge is -2.15. The highest BCUT2D eigenvalue weighted by molar-refractivity contribution is 7.89. The van der Waals surface area contributed by atoms with Crippen LogP contribution in [0.5, 0.6) is 0 Å². The average molecular weight is 281 g/mol. The van der Waals surface area contributed by atoms with Gasteiger partial charge in [0.2, 0.25) is 10.0 Å². The topological polar surface area (TPSA) is 106 Å². The van der Waals surface area contributed by atoms with E-state index in [1.54, 1.807) is 7.05 Å². The quantitative estimate of drug-likeness (QED) is 0.886. The summed E-state index contributed by atoms with van der Waals surface area (Å²) in [4.78, 5) is 13.3. The molecule has 19 heavy (non-hydrogen) atoms. The summed E-state index contributed by atoms with van der Waals surface area (Å²) >= 11 is 0. The smallest absolute Gasteiger partial charge is 0.280 e. The summed E-state index contributed by atoms with van der Waals surface area (Å²) in [6.45, 7) is 0. The second kappa shape index (κ2) is 4.82. The largest absolute Gasteiger partial charge is 0.364 e. The Labute approximate surface area is 109 Å². The zero-order valence-corrected chi connectivity index (χ0v) is 10.8. The normalized spacial score (nSPS) is 11.3. The molecule has 7 nitrogen and oxygen atoms in total. The minimum atomic E-state index is -3.74. The molecule has 0 saturated heterocycles. The fourth-order valence-corrected chi connectivity index (χ4v) is 1.99. The van der Waals surface area contributed by atoms with Gasteiger partial charge in [-0.1, -0.05) is 5.16 Å². The maximum Gasteiger partial charge on any atom is 0.280 e. The molecule has 0 radical (unpaired) electrons. The SMILES string of the molecule is CN(C(=O)c1ccon1)c1ccc(S(N)(=O)=O)cc1. The van der Waals surface area contributed by atoms with Crippen molar-refractivity contribution in [2.75, 3.05) is 11.9 Å². The number of carbonyl (C=O) groups excluding carboxylic acids is 1. The number of nitrogens with two attached hydrogens (primary N) is 1. The minimum Gasteiger partial charge on any atom is -0.364 e. The molecule has 0 aliphatic rings. The highest BCUT2D eigenvalue weighted by Gasteiger charge is 2.16. The van der Waals surface area contributed by atoms with Crippen LogP contribution in [0.15, 0.2) is 46.0 Å². The molecule has 100 valence electrons. The van der Waals surface area contributed by atoms with Crippen molar-refractivity contribution in [3.8, 4) is 0 Å². The third kappa shape index (κ3) is 2.80. The number of nitrogens with zero attached hydrogens (tertiary/aromatic N) is 2. The fraction of sp³-hybridized carbons (Fsp3) is 0.0909. The van der Waals surface area contributed by atoms with E-state index in [1.165, 1.54) is 41.5 Å². The van der Waals surface area contributed by atoms with E-state index in [0.29, 0.717) is 5.69 Å². The molecular weight excluding hydrogens is 270 g/mol. The molecule has 0 atom stereocenters. The first-order chi connectivity index (χ1) is 8.89. The number of benzene rings is 1. The molecule has 1 aromatic heterocycles. The molecule has 0 spiro atoms. The minimum absolute atomic E-state index is 0.0152. The van der Waals surface area contributed by atoms with Gasteiger partial charge in [0.05, 0.1) is 4.90 Å². The Kier molecular flexibility index (Phi) is 3.36. The van der Waals surface area contributed by atoms with E-state index >= 15 is 0 Å². The number of primary sulfonamides is 1. The summed E-state index contributed by atoms with van der Waals surface area (Å²) in [7, 11) is -2.19. The number of aromatic nitrogens is 1. The van der Waals surface area contributed by atoms with Crippen molar-refractivity contribution in [2.24, 2.45) is 5.14 Å². The van der Waals surface area contributed by atoms with Gasteiger partial charge >= 0.3 is 0 Å². The fourth-order valence-electron chi connectivity index (χ4n) is 1.47. The average Bonchev–Trinajstić information content (AvgIpc) is 2.90. The van der Waals surface area contributed by atoms with Crippen LogP contribution in [-0.2, 0) is 10.0 Å². The van der Waals surface area contributed by atoms with E-state index in [2.05, 4.69) is 9.68 Å². The maximum absolute atomic E-state index is 11.9. The van der Waals surface area contributed by atoms with Crippen LogP contribution in [0, 0.1) is 0 Å². The predicted molar refractivity (Wildman–Crippen MR) is 67.1 cm³/mol. The summed E-state index contributed by atoms with van der Waals surface area (Å²) in [6.07, 6.45) is 1.30. The molecule has 0 saturated carbocycles. The maximum atomic E-state index is 11.9. The van der Waals surface area contributed by atoms with E-state index in [0.717, 1.165) is 0 Å². The Hall–Kier alpha value is -2.19. The second-order valence-electron chi connectivity index (χ2n) is 3.79. The predicted octanol–water partition coefficient (Wildman–Crippen LogP) is 0.599. The van der Waals surface area contributed by atoms with Gasteiger partial charge < -0.3 is 9.42 Å². The first kappa shape index (κ1) is 13.2. The molecule has 1 aromatic carbocycles. The van der Waals surface area contributed by atoms with Gasteiger partial charge in [-0.05, 0) is 24.3 Å². The van der Waals surface area contributed by atoms with Crippen molar-refractivity contribution in [1.82, 2.24) is 5.16 Å². The van der Waals surface area contributed by atoms with Gasteiger partial charge in [0.15, 0.2) is 5.69 Å². The van der Waals surface area contributed by atoms with Gasteiger partial charge in [-0.25, -0.2) is 13.6 Å². The molecule has 2 rings (SSSR count). The van der Waals surface area contributed by atoms with E-state index in [4.69, 9.17) is 5.14 Å². The highest BCUT2D eigenvalue weighted by Crippen LogP contribution is 2.17. The molecule has 1 heterocycles. The number of carbonyl (C=O) groups is 1. The van der Waals surface area contributed by atoms with Crippen molar-refractivity contribution >= 4 is 21.6 Å². The van der Waals surface area contributed by atoms with E-state index < -0.39 is 10.0 Å². The molecule has 2 N–H and O–H groups in total. The van der Waals surface area contributed by atoms with E-state index in [-0.39, 0.29) is 16.5 Å². The van der Waals surface area contributed by atoms with Crippen molar-refractivity contribution in [3.63, 3.8) is 0 Å². The summed E-state index contributed by atoms with van der Waals surface area (Å²) < 4.78 is 26.8. The van der Waals surface area contributed by atoms with Gasteiger partial charge in [-0.2, -0.15) is 0 Å². The Bertz CT molecular complexity index is 677. The molecule has 0 fully saturated rings. The number of hydrogen-bond donors (Lipinski definition) is 1. The molecule has 1 amide bonds. The van der Waals surface area contributed by atoms with E-state index in [9.17, 15) is 13.2 Å². The van der Waals surface area contributed by atoms with Gasteiger partial charge in [0.25, 0.3) is 5.91 Å². The summed E-state index contributed by atoms with van der Waals surface area (Å²) in [5.74, 6) is -0.364. The standard InChI is InChI=1S/C11H11N3O4S/c1-14(11(15)10-6-7-18-13-10)8-2-4-9(5-3-8)19(12,16)17/h2-7H,1H3,(H2,12,16,17). The number of hydrogen-bond acceptors (Lipinski definition) is 5. The lowest BCUT2D eigenvalue weighted by atomic mass is 10.3. The molecule has 2 aromatic rings. The molecule has 0 unspecified atom stereocenters. The zero-order valence-electron chi connectivity index (χ0n) is 9.98. The molecule has 0 aliphatic heterocycles. The number of amides is 1. The second-order valence-corrected chi connectivity index (χ2v) is 5.35. The van der Waals surface area contributed by atoms with Crippen LogP contribution in [0.25, 0.3) is 0 Å². The van der Waals surface area contributed by atoms with Crippen molar-refractivity contribution in [3.05, 3.63) is 42.3 Å². The van der Waals surface area contributed by atoms with E-state index in [1.807, 2.05) is 0 Å². The highest BCUT2D eigenvalue weighted by atomic mass is 32.2. The van der Waals surface area contributed by atoms with Crippen LogP contribution < -0.4 is 10.0 Å². The lowest BCUT2D eigenvalue weighted by molar-refractivity contribution is 0.0984. The number of sulfonamides is 1. The lowest BCUT2D eigenvalue weighted by Crippen LogP contribution is -2.26. The summed E-state index contributed by atoms with van der Waals surface area (Å²) in [5.41, 5.74) is 0.679. The van der Waals surface area contributed by atoms with Gasteiger partial charge in [-0.15, -0.1) is 0 Å². The van der Waals surface area contributed by atoms with Crippen molar-refractivity contribution < 1.29 is 17.7 Å². The van der Waals surface area contributed by atoms with Crippen LogP contribution in [-0.4, -0.2) is 26.5 Å². The Morgan fingerprint density at radius 2 is 1.89 bits per heavy atom. The third-order valence-electron chi connectivity index (χ3n) is 2.51. The molecule has 0 bridgehead atoms. The number of rotatable bonds is 3. The first-order valence-corrected chi connectivity index (χ1v) is 6.75. The molecule has 8 heteroatoms. The van der Waals surface area contributed by atoms with Gasteiger partial charge in [0.1, 0.15) is 6.26 Å². The third-order valence-corrected chi connectivity index (χ3v) is 3.44. The Morgan fingerprint density at radius 3 is 2.37 bits per heavy atom. The van der Waals surface area contributed by atoms with Gasteiger partial charge in [0, 0.05) is 18.8 Å². The first-order valence-electron chi connectivity index (χ1n) is 5.21. The van der Waals surface area contributed by atoms with Crippen LogP contribution in [0.1, 0.15) is 10.5 Å². The number of anilines is 1. The molecule has 0 aliphatic carbocycles. The Balaban J connectivity index is 2.25. The van der Waals surface area contributed by atoms with Gasteiger partial charge in [-0.3, -0.25) is 4.79 Å². The summed E-state index contributed by atoms with van der Waals surface area (Å²) in [6, 6.07) is 7.07. The Morgan fingerprint density at radius 1 is 1.26 bits per heavy atom. The van der Waals surface area contributed by atoms with Crippen LogP contribution in [0.2, 0.25) is 0 Å². The van der Waals surface area contributed by atoms with Crippen molar-refractivity contribution in [1.29, 1.82) is 0 Å². The summed E-state index contributed by atoms with van der Waals surface area (Å²) in [5, 5.41) is 8.53. The van der Waals surface area contributed by atoms with Crippen LogP contribution >= 0.6 is 0 Å². The zero-order chi connectivity index (χ0) is 14.0. The molecular formula is C11H11N3O4S. The van der Waals surface area contributed by atoms with Crippen LogP contribution in [0.3, 0.4) is 0 Å².